The quantitative estimate of drug-likeness (QED) is 0.622. The summed E-state index contributed by atoms with van der Waals surface area (Å²) in [5.74, 6) is 0.472. The number of ether oxygens (including phenoxy) is 2. The Morgan fingerprint density at radius 2 is 1.96 bits per heavy atom. The number of esters is 1. The molecule has 0 aliphatic rings. The Morgan fingerprint density at radius 3 is 2.65 bits per heavy atom. The van der Waals surface area contributed by atoms with Crippen LogP contribution in [-0.2, 0) is 11.3 Å². The molecule has 1 heterocycles. The van der Waals surface area contributed by atoms with Crippen LogP contribution in [-0.4, -0.2) is 13.1 Å². The van der Waals surface area contributed by atoms with Gasteiger partial charge in [0.15, 0.2) is 0 Å². The fraction of sp³-hybridized carbons (Fsp3) is 0.118. The Balaban J connectivity index is 2.14. The van der Waals surface area contributed by atoms with E-state index in [0.29, 0.717) is 17.1 Å². The summed E-state index contributed by atoms with van der Waals surface area (Å²) >= 11 is 0. The van der Waals surface area contributed by atoms with E-state index in [-0.39, 0.29) is 17.9 Å². The molecule has 6 nitrogen and oxygen atoms in total. The molecule has 0 saturated heterocycles. The van der Waals surface area contributed by atoms with E-state index in [9.17, 15) is 4.79 Å². The third-order valence-corrected chi connectivity index (χ3v) is 2.88. The Morgan fingerprint density at radius 1 is 1.22 bits per heavy atom. The van der Waals surface area contributed by atoms with E-state index < -0.39 is 5.97 Å². The zero-order valence-electron chi connectivity index (χ0n) is 12.3. The highest BCUT2D eigenvalue weighted by Crippen LogP contribution is 2.22. The van der Waals surface area contributed by atoms with Gasteiger partial charge in [-0.1, -0.05) is 18.2 Å². The summed E-state index contributed by atoms with van der Waals surface area (Å²) in [4.78, 5) is 11.3. The monoisotopic (exact) mass is 308 g/mol. The number of nitriles is 2. The second-order valence-electron chi connectivity index (χ2n) is 4.37. The number of rotatable bonds is 5. The van der Waals surface area contributed by atoms with E-state index in [1.165, 1.54) is 19.3 Å². The Hall–Kier alpha value is -3.51. The lowest BCUT2D eigenvalue weighted by Gasteiger charge is -2.07. The van der Waals surface area contributed by atoms with Gasteiger partial charge in [0.2, 0.25) is 5.76 Å². The standard InChI is InChI=1S/C17H12N2O4/c1-21-17(20)16-7-6-14(23-16)11-22-15-5-3-2-4-13(15)8-12(9-18)10-19/h2-8H,11H2,1H3. The van der Waals surface area contributed by atoms with Crippen molar-refractivity contribution in [3.05, 3.63) is 59.1 Å². The SMILES string of the molecule is COC(=O)c1ccc(COc2ccccc2C=C(C#N)C#N)o1. The topological polar surface area (TPSA) is 96.2 Å². The second kappa shape index (κ2) is 7.48. The van der Waals surface area contributed by atoms with Crippen LogP contribution in [0.25, 0.3) is 6.08 Å². The molecule has 0 spiro atoms. The molecule has 0 N–H and O–H groups in total. The first kappa shape index (κ1) is 15.9. The first-order chi connectivity index (χ1) is 11.2. The Kier molecular flexibility index (Phi) is 5.16. The molecule has 0 radical (unpaired) electrons. The molecule has 0 saturated carbocycles. The smallest absolute Gasteiger partial charge is 0.373 e. The Labute approximate surface area is 132 Å². The average Bonchev–Trinajstić information content (AvgIpc) is 3.07. The first-order valence-electron chi connectivity index (χ1n) is 6.58. The molecule has 0 aliphatic heterocycles. The highest BCUT2D eigenvalue weighted by molar-refractivity contribution is 5.86. The summed E-state index contributed by atoms with van der Waals surface area (Å²) in [6.07, 6.45) is 1.44. The molecule has 114 valence electrons. The molecule has 0 atom stereocenters. The van der Waals surface area contributed by atoms with Crippen molar-refractivity contribution in [1.82, 2.24) is 0 Å². The number of carbonyl (C=O) groups is 1. The van der Waals surface area contributed by atoms with E-state index in [0.717, 1.165) is 0 Å². The number of hydrogen-bond acceptors (Lipinski definition) is 6. The van der Waals surface area contributed by atoms with Crippen molar-refractivity contribution in [1.29, 1.82) is 10.5 Å². The van der Waals surface area contributed by atoms with Crippen molar-refractivity contribution in [3.63, 3.8) is 0 Å². The number of methoxy groups -OCH3 is 1. The van der Waals surface area contributed by atoms with Gasteiger partial charge in [-0.25, -0.2) is 4.79 Å². The van der Waals surface area contributed by atoms with Crippen molar-refractivity contribution in [2.75, 3.05) is 7.11 Å². The van der Waals surface area contributed by atoms with Gasteiger partial charge >= 0.3 is 5.97 Å². The molecule has 0 bridgehead atoms. The molecule has 1 aromatic carbocycles. The summed E-state index contributed by atoms with van der Waals surface area (Å²) in [7, 11) is 1.27. The zero-order valence-corrected chi connectivity index (χ0v) is 12.3. The minimum Gasteiger partial charge on any atom is -0.485 e. The number of allylic oxidation sites excluding steroid dienone is 1. The predicted octanol–water partition coefficient (Wildman–Crippen LogP) is 3.08. The largest absolute Gasteiger partial charge is 0.485 e. The van der Waals surface area contributed by atoms with Crippen LogP contribution in [0.4, 0.5) is 0 Å². The molecule has 23 heavy (non-hydrogen) atoms. The number of carbonyl (C=O) groups excluding carboxylic acids is 1. The lowest BCUT2D eigenvalue weighted by Crippen LogP contribution is -1.99. The van der Waals surface area contributed by atoms with Crippen molar-refractivity contribution in [3.8, 4) is 17.9 Å². The molecular formula is C17H12N2O4. The average molecular weight is 308 g/mol. The summed E-state index contributed by atoms with van der Waals surface area (Å²) in [5.41, 5.74) is 0.581. The number of nitrogens with zero attached hydrogens (tertiary/aromatic N) is 2. The van der Waals surface area contributed by atoms with E-state index in [1.807, 2.05) is 0 Å². The number of benzene rings is 1. The molecule has 0 amide bonds. The van der Waals surface area contributed by atoms with Crippen molar-refractivity contribution < 1.29 is 18.7 Å². The molecule has 1 aromatic heterocycles. The van der Waals surface area contributed by atoms with Gasteiger partial charge in [0.05, 0.1) is 7.11 Å². The van der Waals surface area contributed by atoms with Gasteiger partial charge in [-0.2, -0.15) is 10.5 Å². The fourth-order valence-electron chi connectivity index (χ4n) is 1.79. The van der Waals surface area contributed by atoms with E-state index in [2.05, 4.69) is 4.74 Å². The highest BCUT2D eigenvalue weighted by Gasteiger charge is 2.11. The summed E-state index contributed by atoms with van der Waals surface area (Å²) in [6.45, 7) is 0.0935. The summed E-state index contributed by atoms with van der Waals surface area (Å²) in [6, 6.07) is 13.7. The van der Waals surface area contributed by atoms with Crippen LogP contribution in [0.2, 0.25) is 0 Å². The first-order valence-corrected chi connectivity index (χ1v) is 6.58. The van der Waals surface area contributed by atoms with Gasteiger partial charge in [0.1, 0.15) is 35.8 Å². The molecule has 2 rings (SSSR count). The van der Waals surface area contributed by atoms with Crippen LogP contribution < -0.4 is 4.74 Å². The van der Waals surface area contributed by atoms with Gasteiger partial charge in [0, 0.05) is 5.56 Å². The minimum atomic E-state index is -0.563. The summed E-state index contributed by atoms with van der Waals surface area (Å²) < 4.78 is 15.5. The van der Waals surface area contributed by atoms with Crippen LogP contribution in [0.15, 0.2) is 46.4 Å². The molecular weight excluding hydrogens is 296 g/mol. The van der Waals surface area contributed by atoms with Gasteiger partial charge in [-0.3, -0.25) is 0 Å². The van der Waals surface area contributed by atoms with Crippen molar-refractivity contribution in [2.24, 2.45) is 0 Å². The minimum absolute atomic E-state index is 0.0213. The highest BCUT2D eigenvalue weighted by atomic mass is 16.5. The van der Waals surface area contributed by atoms with E-state index in [4.69, 9.17) is 19.7 Å². The van der Waals surface area contributed by atoms with Crippen LogP contribution in [0, 0.1) is 22.7 Å². The van der Waals surface area contributed by atoms with Crippen molar-refractivity contribution >= 4 is 12.0 Å². The van der Waals surface area contributed by atoms with E-state index >= 15 is 0 Å². The fourth-order valence-corrected chi connectivity index (χ4v) is 1.79. The molecule has 0 fully saturated rings. The van der Waals surface area contributed by atoms with Gasteiger partial charge in [0.25, 0.3) is 0 Å². The third-order valence-electron chi connectivity index (χ3n) is 2.88. The number of furan rings is 1. The van der Waals surface area contributed by atoms with Crippen LogP contribution in [0.5, 0.6) is 5.75 Å². The predicted molar refractivity (Wildman–Crippen MR) is 80.0 cm³/mol. The van der Waals surface area contributed by atoms with Gasteiger partial charge in [-0.15, -0.1) is 0 Å². The Bertz CT molecular complexity index is 806. The zero-order chi connectivity index (χ0) is 16.7. The van der Waals surface area contributed by atoms with Crippen molar-refractivity contribution in [2.45, 2.75) is 6.61 Å². The van der Waals surface area contributed by atoms with Crippen LogP contribution in [0.1, 0.15) is 21.9 Å². The second-order valence-corrected chi connectivity index (χ2v) is 4.37. The van der Waals surface area contributed by atoms with Gasteiger partial charge in [-0.05, 0) is 24.3 Å². The normalized spacial score (nSPS) is 9.35. The molecule has 0 aliphatic carbocycles. The van der Waals surface area contributed by atoms with Crippen LogP contribution >= 0.6 is 0 Å². The van der Waals surface area contributed by atoms with Gasteiger partial charge < -0.3 is 13.9 Å². The molecule has 0 unspecified atom stereocenters. The number of hydrogen-bond donors (Lipinski definition) is 0. The summed E-state index contributed by atoms with van der Waals surface area (Å²) in [5, 5.41) is 17.6. The molecule has 6 heteroatoms. The maximum atomic E-state index is 11.3. The maximum absolute atomic E-state index is 11.3. The lowest BCUT2D eigenvalue weighted by molar-refractivity contribution is 0.0561. The third kappa shape index (κ3) is 3.99. The maximum Gasteiger partial charge on any atom is 0.373 e. The number of para-hydroxylation sites is 1. The lowest BCUT2D eigenvalue weighted by atomic mass is 10.1. The van der Waals surface area contributed by atoms with E-state index in [1.54, 1.807) is 42.5 Å². The van der Waals surface area contributed by atoms with Crippen LogP contribution in [0.3, 0.4) is 0 Å². The molecule has 2 aromatic rings.